The lowest BCUT2D eigenvalue weighted by molar-refractivity contribution is 0.589. The maximum Gasteiger partial charge on any atom is 0.248 e. The fourth-order valence-electron chi connectivity index (χ4n) is 1.26. The zero-order chi connectivity index (χ0) is 9.68. The van der Waals surface area contributed by atoms with E-state index in [1.807, 2.05) is 6.07 Å². The van der Waals surface area contributed by atoms with Crippen molar-refractivity contribution >= 4 is 0 Å². The zero-order valence-corrected chi connectivity index (χ0v) is 7.92. The lowest BCUT2D eigenvalue weighted by Gasteiger charge is -2.09. The van der Waals surface area contributed by atoms with Crippen molar-refractivity contribution in [1.29, 1.82) is 0 Å². The molecule has 0 fully saturated rings. The summed E-state index contributed by atoms with van der Waals surface area (Å²) in [6.07, 6.45) is 3.15. The van der Waals surface area contributed by atoms with Crippen molar-refractivity contribution in [2.45, 2.75) is 32.2 Å². The molecule has 0 radical (unpaired) electrons. The van der Waals surface area contributed by atoms with Gasteiger partial charge in [-0.25, -0.2) is 0 Å². The first-order chi connectivity index (χ1) is 6.24. The molecule has 72 valence electrons. The van der Waals surface area contributed by atoms with Gasteiger partial charge in [0.05, 0.1) is 0 Å². The lowest BCUT2D eigenvalue weighted by Crippen LogP contribution is -2.16. The molecular weight excluding hydrogens is 164 g/mol. The van der Waals surface area contributed by atoms with E-state index in [0.717, 1.165) is 25.0 Å². The average molecular weight is 180 g/mol. The van der Waals surface area contributed by atoms with Gasteiger partial charge in [-0.2, -0.15) is 0 Å². The highest BCUT2D eigenvalue weighted by atomic mass is 16.1. The second-order valence-corrected chi connectivity index (χ2v) is 3.22. The summed E-state index contributed by atoms with van der Waals surface area (Å²) in [6.45, 7) is 2.13. The summed E-state index contributed by atoms with van der Waals surface area (Å²) in [7, 11) is 0. The fourth-order valence-corrected chi connectivity index (χ4v) is 1.26. The standard InChI is InChI=1S/C10H16N2O/c1-2-3-5-8(11)9-6-4-7-10(13)12-9/h4,6-8H,2-3,5,11H2,1H3,(H,12,13). The summed E-state index contributed by atoms with van der Waals surface area (Å²) in [5.74, 6) is 0. The van der Waals surface area contributed by atoms with Crippen LogP contribution in [0.3, 0.4) is 0 Å². The molecule has 0 aliphatic rings. The summed E-state index contributed by atoms with van der Waals surface area (Å²) < 4.78 is 0. The molecule has 0 amide bonds. The maximum absolute atomic E-state index is 11.0. The van der Waals surface area contributed by atoms with Crippen LogP contribution in [0.2, 0.25) is 0 Å². The number of aromatic nitrogens is 1. The third-order valence-corrected chi connectivity index (χ3v) is 2.06. The second kappa shape index (κ2) is 4.82. The number of aromatic amines is 1. The van der Waals surface area contributed by atoms with Gasteiger partial charge in [0.2, 0.25) is 5.56 Å². The van der Waals surface area contributed by atoms with Crippen LogP contribution < -0.4 is 11.3 Å². The number of H-pyrrole nitrogens is 1. The molecule has 3 heteroatoms. The highest BCUT2D eigenvalue weighted by Gasteiger charge is 2.04. The van der Waals surface area contributed by atoms with Gasteiger partial charge in [-0.3, -0.25) is 4.79 Å². The van der Waals surface area contributed by atoms with Crippen molar-refractivity contribution in [3.63, 3.8) is 0 Å². The molecule has 13 heavy (non-hydrogen) atoms. The smallest absolute Gasteiger partial charge is 0.248 e. The summed E-state index contributed by atoms with van der Waals surface area (Å²) >= 11 is 0. The molecule has 1 aromatic rings. The van der Waals surface area contributed by atoms with Gasteiger partial charge in [0.1, 0.15) is 0 Å². The molecule has 1 atom stereocenters. The van der Waals surface area contributed by atoms with E-state index in [0.29, 0.717) is 0 Å². The minimum absolute atomic E-state index is 0.0335. The van der Waals surface area contributed by atoms with Crippen LogP contribution in [0.25, 0.3) is 0 Å². The minimum atomic E-state index is -0.0792. The van der Waals surface area contributed by atoms with Crippen LogP contribution in [0.1, 0.15) is 37.9 Å². The SMILES string of the molecule is CCCCC(N)c1cccc(=O)[nH]1. The van der Waals surface area contributed by atoms with Gasteiger partial charge in [0, 0.05) is 17.8 Å². The van der Waals surface area contributed by atoms with E-state index >= 15 is 0 Å². The summed E-state index contributed by atoms with van der Waals surface area (Å²) in [4.78, 5) is 13.7. The van der Waals surface area contributed by atoms with Gasteiger partial charge in [-0.1, -0.05) is 25.8 Å². The molecule has 0 aromatic carbocycles. The van der Waals surface area contributed by atoms with E-state index in [2.05, 4.69) is 11.9 Å². The van der Waals surface area contributed by atoms with Crippen molar-refractivity contribution in [1.82, 2.24) is 4.98 Å². The van der Waals surface area contributed by atoms with Crippen LogP contribution >= 0.6 is 0 Å². The number of nitrogens with one attached hydrogen (secondary N) is 1. The predicted molar refractivity (Wildman–Crippen MR) is 53.5 cm³/mol. The van der Waals surface area contributed by atoms with Gasteiger partial charge in [0.25, 0.3) is 0 Å². The second-order valence-electron chi connectivity index (χ2n) is 3.22. The number of unbranched alkanes of at least 4 members (excludes halogenated alkanes) is 1. The van der Waals surface area contributed by atoms with Gasteiger partial charge < -0.3 is 10.7 Å². The quantitative estimate of drug-likeness (QED) is 0.738. The minimum Gasteiger partial charge on any atom is -0.325 e. The molecule has 1 aromatic heterocycles. The lowest BCUT2D eigenvalue weighted by atomic mass is 10.1. The van der Waals surface area contributed by atoms with Crippen LogP contribution in [0.4, 0.5) is 0 Å². The van der Waals surface area contributed by atoms with Gasteiger partial charge in [0.15, 0.2) is 0 Å². The molecule has 3 N–H and O–H groups in total. The first kappa shape index (κ1) is 9.99. The highest BCUT2D eigenvalue weighted by molar-refractivity contribution is 5.07. The highest BCUT2D eigenvalue weighted by Crippen LogP contribution is 2.12. The van der Waals surface area contributed by atoms with Crippen molar-refractivity contribution in [3.8, 4) is 0 Å². The molecule has 1 unspecified atom stereocenters. The molecule has 0 aliphatic carbocycles. The number of nitrogens with two attached hydrogens (primary N) is 1. The third-order valence-electron chi connectivity index (χ3n) is 2.06. The van der Waals surface area contributed by atoms with Crippen LogP contribution in [0, 0.1) is 0 Å². The Hall–Kier alpha value is -1.09. The van der Waals surface area contributed by atoms with Crippen LogP contribution in [0.15, 0.2) is 23.0 Å². The van der Waals surface area contributed by atoms with E-state index in [-0.39, 0.29) is 11.6 Å². The van der Waals surface area contributed by atoms with E-state index < -0.39 is 0 Å². The Morgan fingerprint density at radius 2 is 2.31 bits per heavy atom. The first-order valence-corrected chi connectivity index (χ1v) is 4.69. The number of hydrogen-bond acceptors (Lipinski definition) is 2. The molecule has 0 bridgehead atoms. The van der Waals surface area contributed by atoms with Crippen LogP contribution in [-0.4, -0.2) is 4.98 Å². The normalized spacial score (nSPS) is 12.8. The molecule has 3 nitrogen and oxygen atoms in total. The van der Waals surface area contributed by atoms with Gasteiger partial charge in [-0.15, -0.1) is 0 Å². The summed E-state index contributed by atoms with van der Waals surface area (Å²) in [5, 5.41) is 0. The molecular formula is C10H16N2O. The first-order valence-electron chi connectivity index (χ1n) is 4.69. The van der Waals surface area contributed by atoms with Crippen molar-refractivity contribution in [2.24, 2.45) is 5.73 Å². The predicted octanol–water partition coefficient (Wildman–Crippen LogP) is 1.56. The van der Waals surface area contributed by atoms with E-state index in [9.17, 15) is 4.79 Å². The molecule has 0 spiro atoms. The third kappa shape index (κ3) is 3.03. The van der Waals surface area contributed by atoms with Crippen molar-refractivity contribution in [3.05, 3.63) is 34.2 Å². The Morgan fingerprint density at radius 1 is 1.54 bits per heavy atom. The van der Waals surface area contributed by atoms with Crippen molar-refractivity contribution < 1.29 is 0 Å². The average Bonchev–Trinajstić information content (AvgIpc) is 2.14. The molecule has 1 heterocycles. The van der Waals surface area contributed by atoms with Gasteiger partial charge in [-0.05, 0) is 12.5 Å². The van der Waals surface area contributed by atoms with Gasteiger partial charge >= 0.3 is 0 Å². The van der Waals surface area contributed by atoms with E-state index in [1.165, 1.54) is 6.07 Å². The Kier molecular flexibility index (Phi) is 3.71. The van der Waals surface area contributed by atoms with Crippen molar-refractivity contribution in [2.75, 3.05) is 0 Å². The molecule has 1 rings (SSSR count). The van der Waals surface area contributed by atoms with Crippen LogP contribution in [0.5, 0.6) is 0 Å². The maximum atomic E-state index is 11.0. The Balaban J connectivity index is 2.65. The number of pyridine rings is 1. The number of rotatable bonds is 4. The van der Waals surface area contributed by atoms with E-state index in [1.54, 1.807) is 6.07 Å². The monoisotopic (exact) mass is 180 g/mol. The zero-order valence-electron chi connectivity index (χ0n) is 7.92. The molecule has 0 aliphatic heterocycles. The summed E-state index contributed by atoms with van der Waals surface area (Å²) in [5.41, 5.74) is 6.63. The Labute approximate surface area is 78.0 Å². The summed E-state index contributed by atoms with van der Waals surface area (Å²) in [6, 6.07) is 5.06. The topological polar surface area (TPSA) is 58.9 Å². The molecule has 0 saturated heterocycles. The fraction of sp³-hybridized carbons (Fsp3) is 0.500. The van der Waals surface area contributed by atoms with E-state index in [4.69, 9.17) is 5.73 Å². The number of hydrogen-bond donors (Lipinski definition) is 2. The Morgan fingerprint density at radius 3 is 2.92 bits per heavy atom. The Bertz CT molecular complexity index is 306. The van der Waals surface area contributed by atoms with Crippen LogP contribution in [-0.2, 0) is 0 Å². The largest absolute Gasteiger partial charge is 0.325 e. The molecule has 0 saturated carbocycles.